The fourth-order valence-corrected chi connectivity index (χ4v) is 5.88. The van der Waals surface area contributed by atoms with Crippen LogP contribution in [0.4, 0.5) is 0 Å². The summed E-state index contributed by atoms with van der Waals surface area (Å²) in [5.41, 5.74) is 5.49. The number of hydrogen-bond donors (Lipinski definition) is 2. The molecule has 1 heterocycles. The Balaban J connectivity index is 2.65. The summed E-state index contributed by atoms with van der Waals surface area (Å²) in [6, 6.07) is 0.884. The molecule has 0 aliphatic carbocycles. The molecule has 0 radical (unpaired) electrons. The molecule has 1 atom stereocenters. The molecule has 1 aliphatic heterocycles. The van der Waals surface area contributed by atoms with Crippen molar-refractivity contribution in [2.75, 3.05) is 39.5 Å². The zero-order valence-corrected chi connectivity index (χ0v) is 15.5. The number of rotatable bonds is 12. The van der Waals surface area contributed by atoms with Crippen molar-refractivity contribution in [1.29, 1.82) is 0 Å². The summed E-state index contributed by atoms with van der Waals surface area (Å²) in [4.78, 5) is 0. The lowest BCUT2D eigenvalue weighted by atomic mass is 10.0. The molecular weight excluding hydrogens is 300 g/mol. The highest BCUT2D eigenvalue weighted by molar-refractivity contribution is 6.61. The van der Waals surface area contributed by atoms with Gasteiger partial charge in [0.05, 0.1) is 0 Å². The van der Waals surface area contributed by atoms with Gasteiger partial charge in [0.25, 0.3) is 0 Å². The van der Waals surface area contributed by atoms with Crippen LogP contribution in [0.15, 0.2) is 0 Å². The standard InChI is InChI=1S/C15H34N2O4Si/c1-4-18-15(9-7-12-17-13-11-16)10-8-14-22(21-15,19-5-2)20-6-3/h17H,4-14,16H2,1-3H3. The summed E-state index contributed by atoms with van der Waals surface area (Å²) in [6.45, 7) is 10.3. The minimum Gasteiger partial charge on any atom is -0.374 e. The van der Waals surface area contributed by atoms with Gasteiger partial charge in [-0.25, -0.2) is 0 Å². The van der Waals surface area contributed by atoms with Crippen molar-refractivity contribution in [3.05, 3.63) is 0 Å². The van der Waals surface area contributed by atoms with Gasteiger partial charge < -0.3 is 29.1 Å². The van der Waals surface area contributed by atoms with Crippen LogP contribution in [-0.2, 0) is 18.0 Å². The lowest BCUT2D eigenvalue weighted by Crippen LogP contribution is -2.57. The Bertz CT molecular complexity index is 281. The smallest absolute Gasteiger partial charge is 0.374 e. The predicted molar refractivity (Wildman–Crippen MR) is 89.6 cm³/mol. The van der Waals surface area contributed by atoms with Crippen molar-refractivity contribution in [2.45, 2.75) is 58.3 Å². The Hall–Kier alpha value is -0.0231. The average molecular weight is 335 g/mol. The summed E-state index contributed by atoms with van der Waals surface area (Å²) in [5.74, 6) is -0.548. The van der Waals surface area contributed by atoms with E-state index in [9.17, 15) is 0 Å². The van der Waals surface area contributed by atoms with Gasteiger partial charge in [-0.3, -0.25) is 0 Å². The van der Waals surface area contributed by atoms with E-state index in [1.165, 1.54) is 0 Å². The molecule has 0 aromatic heterocycles. The molecule has 0 saturated carbocycles. The van der Waals surface area contributed by atoms with Crippen LogP contribution in [0.5, 0.6) is 0 Å². The lowest BCUT2D eigenvalue weighted by Gasteiger charge is -2.44. The predicted octanol–water partition coefficient (Wildman–Crippen LogP) is 1.87. The van der Waals surface area contributed by atoms with Crippen LogP contribution >= 0.6 is 0 Å². The number of hydrogen-bond acceptors (Lipinski definition) is 6. The van der Waals surface area contributed by atoms with Crippen LogP contribution in [0.1, 0.15) is 46.5 Å². The first-order chi connectivity index (χ1) is 10.7. The zero-order valence-electron chi connectivity index (χ0n) is 14.5. The maximum atomic E-state index is 6.41. The summed E-state index contributed by atoms with van der Waals surface area (Å²) < 4.78 is 24.3. The first-order valence-electron chi connectivity index (χ1n) is 8.68. The monoisotopic (exact) mass is 334 g/mol. The molecule has 0 amide bonds. The molecule has 1 rings (SSSR count). The fraction of sp³-hybridized carbons (Fsp3) is 1.00. The molecule has 0 spiro atoms. The molecule has 0 bridgehead atoms. The quantitative estimate of drug-likeness (QED) is 0.419. The van der Waals surface area contributed by atoms with E-state index >= 15 is 0 Å². The number of nitrogens with two attached hydrogens (primary N) is 1. The molecule has 0 aromatic carbocycles. The van der Waals surface area contributed by atoms with Gasteiger partial charge in [0.2, 0.25) is 0 Å². The van der Waals surface area contributed by atoms with Crippen molar-refractivity contribution in [3.63, 3.8) is 0 Å². The Morgan fingerprint density at radius 1 is 1.14 bits per heavy atom. The van der Waals surface area contributed by atoms with Gasteiger partial charge in [-0.15, -0.1) is 0 Å². The summed E-state index contributed by atoms with van der Waals surface area (Å²) >= 11 is 0. The second-order valence-corrected chi connectivity index (χ2v) is 8.14. The van der Waals surface area contributed by atoms with Crippen molar-refractivity contribution < 1.29 is 18.0 Å². The normalized spacial score (nSPS) is 24.5. The first kappa shape index (κ1) is 20.0. The molecule has 6 nitrogen and oxygen atoms in total. The molecule has 3 N–H and O–H groups in total. The van der Waals surface area contributed by atoms with Gasteiger partial charge in [-0.2, -0.15) is 0 Å². The van der Waals surface area contributed by atoms with E-state index in [0.717, 1.165) is 44.8 Å². The minimum atomic E-state index is -2.60. The van der Waals surface area contributed by atoms with Gasteiger partial charge in [0.1, 0.15) is 0 Å². The van der Waals surface area contributed by atoms with Crippen LogP contribution in [0, 0.1) is 0 Å². The van der Waals surface area contributed by atoms with Crippen LogP contribution in [0.2, 0.25) is 6.04 Å². The Kier molecular flexibility index (Phi) is 9.73. The maximum Gasteiger partial charge on any atom is 0.503 e. The van der Waals surface area contributed by atoms with E-state index in [1.54, 1.807) is 0 Å². The number of ether oxygens (including phenoxy) is 1. The Labute approximate surface area is 136 Å². The Morgan fingerprint density at radius 3 is 2.45 bits per heavy atom. The van der Waals surface area contributed by atoms with Crippen molar-refractivity contribution >= 4 is 8.80 Å². The van der Waals surface area contributed by atoms with E-state index in [1.807, 2.05) is 20.8 Å². The highest BCUT2D eigenvalue weighted by Crippen LogP contribution is 2.38. The van der Waals surface area contributed by atoms with Crippen LogP contribution in [0.3, 0.4) is 0 Å². The van der Waals surface area contributed by atoms with Gasteiger partial charge in [-0.05, 0) is 40.2 Å². The van der Waals surface area contributed by atoms with Gasteiger partial charge in [0, 0.05) is 51.8 Å². The first-order valence-corrected chi connectivity index (χ1v) is 10.6. The zero-order chi connectivity index (χ0) is 16.3. The molecular formula is C15H34N2O4Si. The third-order valence-corrected chi connectivity index (χ3v) is 6.86. The summed E-state index contributed by atoms with van der Waals surface area (Å²) in [7, 11) is -2.60. The molecule has 1 unspecified atom stereocenters. The van der Waals surface area contributed by atoms with Crippen LogP contribution < -0.4 is 11.1 Å². The molecule has 22 heavy (non-hydrogen) atoms. The topological polar surface area (TPSA) is 75.0 Å². The third kappa shape index (κ3) is 6.23. The summed E-state index contributed by atoms with van der Waals surface area (Å²) in [6.07, 6.45) is 3.78. The van der Waals surface area contributed by atoms with E-state index in [-0.39, 0.29) is 0 Å². The van der Waals surface area contributed by atoms with E-state index in [0.29, 0.717) is 26.4 Å². The summed E-state index contributed by atoms with van der Waals surface area (Å²) in [5, 5.41) is 3.32. The second kappa shape index (κ2) is 10.7. The molecule has 1 fully saturated rings. The molecule has 0 aromatic rings. The fourth-order valence-electron chi connectivity index (χ4n) is 2.97. The highest BCUT2D eigenvalue weighted by Gasteiger charge is 2.52. The SMILES string of the molecule is CCOC1(CCCNCCN)CCC[Si](OCC)(OCC)O1. The van der Waals surface area contributed by atoms with Crippen molar-refractivity contribution in [1.82, 2.24) is 5.32 Å². The molecule has 1 saturated heterocycles. The van der Waals surface area contributed by atoms with E-state index in [2.05, 4.69) is 5.32 Å². The van der Waals surface area contributed by atoms with Gasteiger partial charge >= 0.3 is 8.80 Å². The number of nitrogens with one attached hydrogen (secondary N) is 1. The third-order valence-electron chi connectivity index (χ3n) is 3.75. The maximum absolute atomic E-state index is 6.41. The van der Waals surface area contributed by atoms with E-state index < -0.39 is 14.6 Å². The van der Waals surface area contributed by atoms with Crippen molar-refractivity contribution in [3.8, 4) is 0 Å². The van der Waals surface area contributed by atoms with Crippen LogP contribution in [0.25, 0.3) is 0 Å². The van der Waals surface area contributed by atoms with Crippen molar-refractivity contribution in [2.24, 2.45) is 5.73 Å². The van der Waals surface area contributed by atoms with E-state index in [4.69, 9.17) is 23.7 Å². The Morgan fingerprint density at radius 2 is 1.86 bits per heavy atom. The molecule has 1 aliphatic rings. The largest absolute Gasteiger partial charge is 0.503 e. The lowest BCUT2D eigenvalue weighted by molar-refractivity contribution is -0.226. The molecule has 132 valence electrons. The minimum absolute atomic E-state index is 0.548. The van der Waals surface area contributed by atoms with Crippen LogP contribution in [-0.4, -0.2) is 54.0 Å². The molecule has 7 heteroatoms. The average Bonchev–Trinajstić information content (AvgIpc) is 2.48. The highest BCUT2D eigenvalue weighted by atomic mass is 28.4. The van der Waals surface area contributed by atoms with Gasteiger partial charge in [0.15, 0.2) is 5.79 Å². The second-order valence-electron chi connectivity index (χ2n) is 5.49. The van der Waals surface area contributed by atoms with Gasteiger partial charge in [-0.1, -0.05) is 0 Å².